The maximum atomic E-state index is 12.7. The van der Waals surface area contributed by atoms with Crippen LogP contribution in [0.1, 0.15) is 162 Å². The molecule has 5 atom stereocenters. The molecule has 0 saturated carbocycles. The van der Waals surface area contributed by atoms with Crippen LogP contribution in [0.15, 0.2) is 36.5 Å². The van der Waals surface area contributed by atoms with E-state index in [4.69, 9.17) is 18.5 Å². The average molecular weight is 827 g/mol. The summed E-state index contributed by atoms with van der Waals surface area (Å²) >= 11 is 0. The number of allylic oxidation sites excluding steroid dienone is 5. The zero-order valence-corrected chi connectivity index (χ0v) is 37.3. The molecule has 0 fully saturated rings. The maximum absolute atomic E-state index is 12.7. The van der Waals surface area contributed by atoms with Gasteiger partial charge in [0.2, 0.25) is 0 Å². The second-order valence-electron chi connectivity index (χ2n) is 16.8. The van der Waals surface area contributed by atoms with E-state index in [1.165, 1.54) is 64.2 Å². The Bertz CT molecular complexity index is 1210. The lowest BCUT2D eigenvalue weighted by molar-refractivity contribution is -0.870. The molecule has 1 unspecified atom stereocenters. The summed E-state index contributed by atoms with van der Waals surface area (Å²) in [4.78, 5) is 47.9. The van der Waals surface area contributed by atoms with E-state index in [-0.39, 0.29) is 43.7 Å². The smallest absolute Gasteiger partial charge is 0.462 e. The van der Waals surface area contributed by atoms with Crippen LogP contribution in [0.2, 0.25) is 0 Å². The van der Waals surface area contributed by atoms with Crippen LogP contribution >= 0.6 is 7.82 Å². The normalized spacial score (nSPS) is 18.1. The van der Waals surface area contributed by atoms with Crippen LogP contribution < -0.4 is 0 Å². The highest BCUT2D eigenvalue weighted by molar-refractivity contribution is 7.47. The summed E-state index contributed by atoms with van der Waals surface area (Å²) in [6.07, 6.45) is 32.5. The number of hydrogen-bond donors (Lipinski definition) is 2. The van der Waals surface area contributed by atoms with Crippen LogP contribution in [0.3, 0.4) is 0 Å². The molecule has 0 heterocycles. The SMILES string of the molecule is CCCCCCCCCCCCCCCCC(=O)O[C@H](COC(=O)CCC/C=C\C[C@H]1C=CC(=O)[C@@H]1/C=C/[C@@H](O)CCCCC)COP(=O)(O)OCC[N+](C)(C)C. The van der Waals surface area contributed by atoms with E-state index in [0.717, 1.165) is 38.5 Å². The van der Waals surface area contributed by atoms with Crippen molar-refractivity contribution in [3.8, 4) is 0 Å². The number of phosphoric ester groups is 1. The highest BCUT2D eigenvalue weighted by Gasteiger charge is 2.28. The number of ether oxygens (including phenoxy) is 2. The summed E-state index contributed by atoms with van der Waals surface area (Å²) in [5.41, 5.74) is 0. The van der Waals surface area contributed by atoms with Gasteiger partial charge in [0.05, 0.1) is 33.9 Å². The van der Waals surface area contributed by atoms with Crippen LogP contribution in [0.25, 0.3) is 0 Å². The molecule has 57 heavy (non-hydrogen) atoms. The second kappa shape index (κ2) is 32.7. The molecule has 0 aromatic heterocycles. The molecule has 12 heteroatoms. The minimum atomic E-state index is -4.42. The first kappa shape index (κ1) is 52.9. The van der Waals surface area contributed by atoms with Gasteiger partial charge >= 0.3 is 19.8 Å². The summed E-state index contributed by atoms with van der Waals surface area (Å²) in [5.74, 6) is -1.14. The first-order chi connectivity index (χ1) is 27.3. The quantitative estimate of drug-likeness (QED) is 0.0204. The summed E-state index contributed by atoms with van der Waals surface area (Å²) < 4.78 is 34.3. The molecule has 0 aromatic rings. The van der Waals surface area contributed by atoms with Crippen molar-refractivity contribution in [2.75, 3.05) is 47.5 Å². The first-order valence-corrected chi connectivity index (χ1v) is 23.8. The fraction of sp³-hybridized carbons (Fsp3) is 0.800. The van der Waals surface area contributed by atoms with E-state index in [1.807, 2.05) is 45.4 Å². The van der Waals surface area contributed by atoms with Crippen molar-refractivity contribution in [2.45, 2.75) is 174 Å². The zero-order valence-electron chi connectivity index (χ0n) is 36.4. The largest absolute Gasteiger partial charge is 0.472 e. The number of phosphoric acid groups is 1. The molecule has 2 N–H and O–H groups in total. The van der Waals surface area contributed by atoms with Crippen molar-refractivity contribution < 1.29 is 52.0 Å². The number of rotatable bonds is 37. The van der Waals surface area contributed by atoms with Gasteiger partial charge < -0.3 is 24.0 Å². The summed E-state index contributed by atoms with van der Waals surface area (Å²) in [6.45, 7) is 4.10. The summed E-state index contributed by atoms with van der Waals surface area (Å²) in [7, 11) is 1.37. The van der Waals surface area contributed by atoms with Crippen molar-refractivity contribution in [1.82, 2.24) is 0 Å². The van der Waals surface area contributed by atoms with Crippen LogP contribution in [0.5, 0.6) is 0 Å². The Labute approximate surface area is 346 Å². The van der Waals surface area contributed by atoms with Crippen molar-refractivity contribution >= 4 is 25.5 Å². The summed E-state index contributed by atoms with van der Waals surface area (Å²) in [6, 6.07) is 0. The number of carbonyl (C=O) groups excluding carboxylic acids is 3. The van der Waals surface area contributed by atoms with E-state index >= 15 is 0 Å². The fourth-order valence-electron chi connectivity index (χ4n) is 6.53. The third-order valence-corrected chi connectivity index (χ3v) is 11.2. The number of likely N-dealkylation sites (N-methyl/N-ethyl adjacent to an activating group) is 1. The molecule has 0 aliphatic heterocycles. The Morgan fingerprint density at radius 3 is 1.98 bits per heavy atom. The van der Waals surface area contributed by atoms with E-state index < -0.39 is 38.6 Å². The lowest BCUT2D eigenvalue weighted by atomic mass is 9.90. The Kier molecular flexibility index (Phi) is 30.3. The molecule has 0 radical (unpaired) electrons. The van der Waals surface area contributed by atoms with Crippen molar-refractivity contribution in [2.24, 2.45) is 11.8 Å². The van der Waals surface area contributed by atoms with Gasteiger partial charge in [-0.05, 0) is 44.1 Å². The molecule has 0 aromatic carbocycles. The number of ketones is 1. The molecule has 1 aliphatic carbocycles. The lowest BCUT2D eigenvalue weighted by Gasteiger charge is -2.24. The van der Waals surface area contributed by atoms with E-state index in [9.17, 15) is 28.9 Å². The van der Waals surface area contributed by atoms with Crippen molar-refractivity contribution in [3.63, 3.8) is 0 Å². The van der Waals surface area contributed by atoms with Gasteiger partial charge in [-0.25, -0.2) is 4.57 Å². The van der Waals surface area contributed by atoms with Gasteiger partial charge in [0, 0.05) is 18.8 Å². The van der Waals surface area contributed by atoms with Crippen molar-refractivity contribution in [3.05, 3.63) is 36.5 Å². The molecule has 0 bridgehead atoms. The number of esters is 2. The number of carbonyl (C=O) groups is 3. The molecular weight excluding hydrogens is 745 g/mol. The number of unbranched alkanes of at least 4 members (excludes halogenated alkanes) is 16. The zero-order chi connectivity index (χ0) is 42.2. The number of quaternary nitrogens is 1. The van der Waals surface area contributed by atoms with Gasteiger partial charge in [0.15, 0.2) is 11.9 Å². The standard InChI is InChI=1S/C45H80NO10P/c1-6-8-10-11-12-13-14-15-16-17-18-19-20-26-30-45(50)56-41(38-55-57(51,52)54-36-35-46(3,4)5)37-53-44(49)29-25-22-21-24-27-39-31-34-43(48)42(39)33-32-40(47)28-23-9-7-2/h21,24,31-34,39-42,47H,6-20,22-23,25-30,35-38H2,1-5H3/p+1/b24-21-,33-32+/t39-,40-,41+,42+/m0/s1. The van der Waals surface area contributed by atoms with E-state index in [0.29, 0.717) is 43.1 Å². The molecule has 11 nitrogen and oxygen atoms in total. The van der Waals surface area contributed by atoms with E-state index in [2.05, 4.69) is 13.8 Å². The first-order valence-electron chi connectivity index (χ1n) is 22.3. The Balaban J connectivity index is 2.46. The Morgan fingerprint density at radius 1 is 0.789 bits per heavy atom. The van der Waals surface area contributed by atoms with Gasteiger partial charge in [-0.3, -0.25) is 23.4 Å². The minimum Gasteiger partial charge on any atom is -0.462 e. The third kappa shape index (κ3) is 30.5. The van der Waals surface area contributed by atoms with Crippen molar-refractivity contribution in [1.29, 1.82) is 0 Å². The maximum Gasteiger partial charge on any atom is 0.472 e. The fourth-order valence-corrected chi connectivity index (χ4v) is 7.28. The molecule has 1 aliphatic rings. The highest BCUT2D eigenvalue weighted by atomic mass is 31.2. The average Bonchev–Trinajstić information content (AvgIpc) is 3.51. The van der Waals surface area contributed by atoms with Crippen LogP contribution in [0, 0.1) is 11.8 Å². The van der Waals surface area contributed by atoms with Gasteiger partial charge in [0.1, 0.15) is 19.8 Å². The number of nitrogens with zero attached hydrogens (tertiary/aromatic N) is 1. The number of hydrogen-bond acceptors (Lipinski definition) is 9. The molecule has 0 amide bonds. The molecule has 0 saturated heterocycles. The minimum absolute atomic E-state index is 0.000722. The summed E-state index contributed by atoms with van der Waals surface area (Å²) in [5, 5.41) is 10.2. The highest BCUT2D eigenvalue weighted by Crippen LogP contribution is 2.43. The van der Waals surface area contributed by atoms with Gasteiger partial charge in [0.25, 0.3) is 0 Å². The topological polar surface area (TPSA) is 146 Å². The molecule has 0 spiro atoms. The number of aliphatic hydroxyl groups is 1. The second-order valence-corrected chi connectivity index (χ2v) is 18.2. The van der Waals surface area contributed by atoms with Gasteiger partial charge in [-0.15, -0.1) is 0 Å². The lowest BCUT2D eigenvalue weighted by Crippen LogP contribution is -2.37. The Morgan fingerprint density at radius 2 is 1.37 bits per heavy atom. The van der Waals surface area contributed by atoms with Crippen LogP contribution in [-0.4, -0.2) is 91.9 Å². The number of aliphatic hydroxyl groups excluding tert-OH is 1. The van der Waals surface area contributed by atoms with Crippen LogP contribution in [0.4, 0.5) is 0 Å². The monoisotopic (exact) mass is 827 g/mol. The third-order valence-electron chi connectivity index (χ3n) is 10.2. The van der Waals surface area contributed by atoms with Gasteiger partial charge in [-0.1, -0.05) is 147 Å². The predicted molar refractivity (Wildman–Crippen MR) is 228 cm³/mol. The molecule has 1 rings (SSSR count). The van der Waals surface area contributed by atoms with Gasteiger partial charge in [-0.2, -0.15) is 0 Å². The molecular formula is C45H81NO10P+. The predicted octanol–water partition coefficient (Wildman–Crippen LogP) is 10.1. The van der Waals surface area contributed by atoms with E-state index in [1.54, 1.807) is 12.2 Å². The van der Waals surface area contributed by atoms with Crippen LogP contribution in [-0.2, 0) is 37.5 Å². The molecule has 330 valence electrons. The Hall–Kier alpha value is -2.14.